The third kappa shape index (κ3) is 4.93. The maximum absolute atomic E-state index is 12.9. The number of benzene rings is 2. The highest BCUT2D eigenvalue weighted by molar-refractivity contribution is 6.01. The highest BCUT2D eigenvalue weighted by Gasteiger charge is 2.26. The van der Waals surface area contributed by atoms with Crippen LogP contribution in [0.2, 0.25) is 0 Å². The second kappa shape index (κ2) is 10.5. The molecule has 4 aromatic rings. The quantitative estimate of drug-likeness (QED) is 0.365. The summed E-state index contributed by atoms with van der Waals surface area (Å²) < 4.78 is 21.6. The Morgan fingerprint density at radius 3 is 2.08 bits per heavy atom. The second-order valence-corrected chi connectivity index (χ2v) is 7.74. The van der Waals surface area contributed by atoms with Gasteiger partial charge in [0.2, 0.25) is 11.8 Å². The van der Waals surface area contributed by atoms with Gasteiger partial charge in [0.15, 0.2) is 5.76 Å². The van der Waals surface area contributed by atoms with E-state index in [2.05, 4.69) is 16.7 Å². The fourth-order valence-corrected chi connectivity index (χ4v) is 3.57. The van der Waals surface area contributed by atoms with E-state index in [0.29, 0.717) is 33.9 Å². The Kier molecular flexibility index (Phi) is 7.07. The zero-order valence-electron chi connectivity index (χ0n) is 19.8. The van der Waals surface area contributed by atoms with Crippen molar-refractivity contribution in [2.75, 3.05) is 19.5 Å². The van der Waals surface area contributed by atoms with Gasteiger partial charge in [-0.2, -0.15) is 5.26 Å². The van der Waals surface area contributed by atoms with Crippen LogP contribution in [0.5, 0.6) is 11.5 Å². The zero-order chi connectivity index (χ0) is 25.7. The number of rotatable bonds is 8. The van der Waals surface area contributed by atoms with E-state index in [1.165, 1.54) is 19.3 Å². The average molecular weight is 485 g/mol. The Labute approximate surface area is 207 Å². The maximum Gasteiger partial charge on any atom is 0.287 e. The Bertz CT molecular complexity index is 1400. The van der Waals surface area contributed by atoms with E-state index in [4.69, 9.17) is 18.3 Å². The van der Waals surface area contributed by atoms with Crippen LogP contribution < -0.4 is 20.1 Å². The summed E-state index contributed by atoms with van der Waals surface area (Å²) in [5.41, 5.74) is 2.02. The van der Waals surface area contributed by atoms with E-state index in [0.717, 1.165) is 0 Å². The summed E-state index contributed by atoms with van der Waals surface area (Å²) in [4.78, 5) is 25.1. The molecule has 1 atom stereocenters. The number of carbonyl (C=O) groups is 2. The van der Waals surface area contributed by atoms with Crippen LogP contribution in [0.1, 0.15) is 23.0 Å². The molecule has 2 aromatic carbocycles. The van der Waals surface area contributed by atoms with Gasteiger partial charge >= 0.3 is 0 Å². The normalized spacial score (nSPS) is 11.3. The van der Waals surface area contributed by atoms with E-state index < -0.39 is 17.9 Å². The number of methoxy groups -OCH3 is 2. The lowest BCUT2D eigenvalue weighted by Crippen LogP contribution is -2.41. The highest BCUT2D eigenvalue weighted by Crippen LogP contribution is 2.42. The van der Waals surface area contributed by atoms with Crippen molar-refractivity contribution in [3.8, 4) is 40.0 Å². The minimum Gasteiger partial charge on any atom is -0.497 e. The van der Waals surface area contributed by atoms with Gasteiger partial charge in [0, 0.05) is 11.1 Å². The SMILES string of the molecule is COc1ccc(-c2oc(NC(=O)[C@@H](C)NC(=O)c3ccco3)c(C#N)c2-c2ccc(OC)cc2)cc1. The first-order valence-corrected chi connectivity index (χ1v) is 11.0. The number of hydrogen-bond acceptors (Lipinski definition) is 7. The molecule has 0 saturated heterocycles. The molecule has 0 saturated carbocycles. The van der Waals surface area contributed by atoms with Crippen LogP contribution in [0.15, 0.2) is 75.8 Å². The Balaban J connectivity index is 1.70. The van der Waals surface area contributed by atoms with Gasteiger partial charge in [-0.25, -0.2) is 0 Å². The van der Waals surface area contributed by atoms with Gasteiger partial charge in [0.25, 0.3) is 5.91 Å². The summed E-state index contributed by atoms with van der Waals surface area (Å²) in [7, 11) is 3.13. The summed E-state index contributed by atoms with van der Waals surface area (Å²) >= 11 is 0. The lowest BCUT2D eigenvalue weighted by atomic mass is 9.98. The molecule has 2 heterocycles. The molecule has 0 aliphatic rings. The van der Waals surface area contributed by atoms with Crippen molar-refractivity contribution in [1.29, 1.82) is 5.26 Å². The largest absolute Gasteiger partial charge is 0.497 e. The second-order valence-electron chi connectivity index (χ2n) is 7.74. The number of amides is 2. The number of hydrogen-bond donors (Lipinski definition) is 2. The first kappa shape index (κ1) is 24.2. The number of nitrogens with zero attached hydrogens (tertiary/aromatic N) is 1. The number of ether oxygens (including phenoxy) is 2. The van der Waals surface area contributed by atoms with Crippen molar-refractivity contribution in [2.45, 2.75) is 13.0 Å². The Morgan fingerprint density at radius 1 is 0.944 bits per heavy atom. The van der Waals surface area contributed by atoms with Crippen LogP contribution >= 0.6 is 0 Å². The summed E-state index contributed by atoms with van der Waals surface area (Å²) in [5.74, 6) is 0.644. The minimum atomic E-state index is -0.937. The Hall–Kier alpha value is -4.97. The smallest absolute Gasteiger partial charge is 0.287 e. The average Bonchev–Trinajstić information content (AvgIpc) is 3.57. The van der Waals surface area contributed by atoms with Gasteiger partial charge in [-0.05, 0) is 61.0 Å². The molecule has 4 rings (SSSR count). The van der Waals surface area contributed by atoms with Crippen molar-refractivity contribution < 1.29 is 27.9 Å². The van der Waals surface area contributed by atoms with Gasteiger partial charge in [-0.1, -0.05) is 12.1 Å². The molecule has 0 unspecified atom stereocenters. The summed E-state index contributed by atoms with van der Waals surface area (Å²) in [6, 6.07) is 18.5. The fraction of sp³-hybridized carbons (Fsp3) is 0.148. The standard InChI is InChI=1S/C27H23N3O6/c1-16(29-26(32)22-5-4-14-35-22)25(31)30-27-21(15-28)23(17-6-10-19(33-2)11-7-17)24(36-27)18-8-12-20(34-3)13-9-18/h4-14,16H,1-3H3,(H,29,32)(H,30,31)/t16-/m1/s1. The van der Waals surface area contributed by atoms with E-state index in [1.807, 2.05) is 0 Å². The predicted octanol–water partition coefficient (Wildman–Crippen LogP) is 4.85. The number of anilines is 1. The summed E-state index contributed by atoms with van der Waals surface area (Å²) in [6.45, 7) is 1.51. The van der Waals surface area contributed by atoms with E-state index in [-0.39, 0.29) is 17.2 Å². The zero-order valence-corrected chi connectivity index (χ0v) is 19.8. The molecule has 9 heteroatoms. The molecule has 36 heavy (non-hydrogen) atoms. The predicted molar refractivity (Wildman–Crippen MR) is 132 cm³/mol. The topological polar surface area (TPSA) is 127 Å². The van der Waals surface area contributed by atoms with Crippen LogP contribution in [-0.2, 0) is 4.79 Å². The summed E-state index contributed by atoms with van der Waals surface area (Å²) in [5, 5.41) is 15.2. The van der Waals surface area contributed by atoms with Crippen LogP contribution in [0.4, 0.5) is 5.88 Å². The monoisotopic (exact) mass is 485 g/mol. The van der Waals surface area contributed by atoms with Crippen molar-refractivity contribution in [1.82, 2.24) is 5.32 Å². The molecule has 0 aliphatic carbocycles. The van der Waals surface area contributed by atoms with Crippen LogP contribution in [0.3, 0.4) is 0 Å². The van der Waals surface area contributed by atoms with Gasteiger partial charge < -0.3 is 23.6 Å². The molecule has 182 valence electrons. The molecular weight excluding hydrogens is 462 g/mol. The van der Waals surface area contributed by atoms with Crippen LogP contribution in [0, 0.1) is 11.3 Å². The van der Waals surface area contributed by atoms with Crippen molar-refractivity contribution in [3.05, 3.63) is 78.3 Å². The highest BCUT2D eigenvalue weighted by atomic mass is 16.5. The van der Waals surface area contributed by atoms with E-state index in [1.54, 1.807) is 68.8 Å². The maximum atomic E-state index is 12.9. The van der Waals surface area contributed by atoms with Gasteiger partial charge in [-0.15, -0.1) is 0 Å². The molecular formula is C27H23N3O6. The van der Waals surface area contributed by atoms with Crippen LogP contribution in [-0.4, -0.2) is 32.1 Å². The lowest BCUT2D eigenvalue weighted by molar-refractivity contribution is -0.117. The molecule has 0 radical (unpaired) electrons. The molecule has 2 amide bonds. The number of furan rings is 2. The van der Waals surface area contributed by atoms with Crippen molar-refractivity contribution >= 4 is 17.7 Å². The van der Waals surface area contributed by atoms with E-state index in [9.17, 15) is 14.9 Å². The fourth-order valence-electron chi connectivity index (χ4n) is 3.57. The molecule has 0 bridgehead atoms. The van der Waals surface area contributed by atoms with Crippen LogP contribution in [0.25, 0.3) is 22.5 Å². The van der Waals surface area contributed by atoms with Gasteiger partial charge in [0.1, 0.15) is 34.9 Å². The van der Waals surface area contributed by atoms with E-state index >= 15 is 0 Å². The number of carbonyl (C=O) groups excluding carboxylic acids is 2. The lowest BCUT2D eigenvalue weighted by Gasteiger charge is -2.12. The molecule has 9 nitrogen and oxygen atoms in total. The Morgan fingerprint density at radius 2 is 1.56 bits per heavy atom. The molecule has 0 aliphatic heterocycles. The number of nitriles is 1. The third-order valence-electron chi connectivity index (χ3n) is 5.47. The molecule has 2 N–H and O–H groups in total. The van der Waals surface area contributed by atoms with Gasteiger partial charge in [-0.3, -0.25) is 14.9 Å². The number of nitrogens with one attached hydrogen (secondary N) is 2. The van der Waals surface area contributed by atoms with Gasteiger partial charge in [0.05, 0.1) is 20.5 Å². The van der Waals surface area contributed by atoms with Crippen molar-refractivity contribution in [3.63, 3.8) is 0 Å². The first-order valence-electron chi connectivity index (χ1n) is 11.0. The summed E-state index contributed by atoms with van der Waals surface area (Å²) in [6.07, 6.45) is 1.36. The molecule has 0 spiro atoms. The third-order valence-corrected chi connectivity index (χ3v) is 5.47. The molecule has 2 aromatic heterocycles. The molecule has 0 fully saturated rings. The van der Waals surface area contributed by atoms with Crippen molar-refractivity contribution in [2.24, 2.45) is 0 Å². The minimum absolute atomic E-state index is 0.0294. The first-order chi connectivity index (χ1) is 17.4.